The average Bonchev–Trinajstić information content (AvgIpc) is 3.24. The summed E-state index contributed by atoms with van der Waals surface area (Å²) in [6, 6.07) is 14.8. The molecule has 0 aliphatic heterocycles. The fraction of sp³-hybridized carbons (Fsp3) is 0.222. The Labute approximate surface area is 226 Å². The van der Waals surface area contributed by atoms with E-state index in [0.29, 0.717) is 16.5 Å². The van der Waals surface area contributed by atoms with E-state index in [9.17, 15) is 27.7 Å². The second-order valence-electron chi connectivity index (χ2n) is 9.22. The SMILES string of the molecule is CNC(=O)c1c(-c2ccc(F)cc2)oc2cc(N(Cc3ccccc3B(O)O)S(C)(=O)=O)c(OC(C)C)cc12. The fourth-order valence-corrected chi connectivity index (χ4v) is 5.15. The first-order valence-corrected chi connectivity index (χ1v) is 13.9. The molecule has 3 N–H and O–H groups in total. The summed E-state index contributed by atoms with van der Waals surface area (Å²) in [5.74, 6) is -0.566. The molecule has 0 saturated carbocycles. The monoisotopic (exact) mass is 554 g/mol. The minimum atomic E-state index is -3.94. The van der Waals surface area contributed by atoms with E-state index in [4.69, 9.17) is 9.15 Å². The summed E-state index contributed by atoms with van der Waals surface area (Å²) in [5.41, 5.74) is 1.47. The zero-order valence-corrected chi connectivity index (χ0v) is 22.6. The van der Waals surface area contributed by atoms with Gasteiger partial charge in [0.25, 0.3) is 5.91 Å². The van der Waals surface area contributed by atoms with Gasteiger partial charge in [-0.15, -0.1) is 0 Å². The number of fused-ring (bicyclic) bond motifs is 1. The van der Waals surface area contributed by atoms with Crippen LogP contribution in [0.3, 0.4) is 0 Å². The van der Waals surface area contributed by atoms with E-state index in [1.54, 1.807) is 32.0 Å². The predicted molar refractivity (Wildman–Crippen MR) is 148 cm³/mol. The number of carbonyl (C=O) groups is 1. The zero-order valence-electron chi connectivity index (χ0n) is 21.8. The van der Waals surface area contributed by atoms with Crippen LogP contribution >= 0.6 is 0 Å². The highest BCUT2D eigenvalue weighted by molar-refractivity contribution is 7.92. The number of sulfonamides is 1. The predicted octanol–water partition coefficient (Wildman–Crippen LogP) is 3.03. The molecule has 0 aliphatic carbocycles. The Kier molecular flexibility index (Phi) is 8.00. The lowest BCUT2D eigenvalue weighted by Gasteiger charge is -2.26. The number of nitrogens with one attached hydrogen (secondary N) is 1. The van der Waals surface area contributed by atoms with Gasteiger partial charge in [0.2, 0.25) is 10.0 Å². The van der Waals surface area contributed by atoms with Crippen LogP contribution in [0.1, 0.15) is 29.8 Å². The lowest BCUT2D eigenvalue weighted by atomic mass is 9.77. The van der Waals surface area contributed by atoms with Crippen molar-refractivity contribution in [3.05, 3.63) is 77.6 Å². The van der Waals surface area contributed by atoms with Gasteiger partial charge in [0.1, 0.15) is 22.9 Å². The van der Waals surface area contributed by atoms with Crippen molar-refractivity contribution < 1.29 is 36.8 Å². The summed E-state index contributed by atoms with van der Waals surface area (Å²) >= 11 is 0. The third kappa shape index (κ3) is 5.92. The molecule has 4 rings (SSSR count). The van der Waals surface area contributed by atoms with E-state index in [1.807, 2.05) is 0 Å². The fourth-order valence-electron chi connectivity index (χ4n) is 4.28. The minimum Gasteiger partial charge on any atom is -0.489 e. The van der Waals surface area contributed by atoms with Gasteiger partial charge >= 0.3 is 7.12 Å². The van der Waals surface area contributed by atoms with E-state index in [-0.39, 0.29) is 46.5 Å². The van der Waals surface area contributed by atoms with Crippen LogP contribution in [0.2, 0.25) is 0 Å². The summed E-state index contributed by atoms with van der Waals surface area (Å²) < 4.78 is 52.9. The minimum absolute atomic E-state index is 0.129. The first-order valence-electron chi connectivity index (χ1n) is 12.1. The van der Waals surface area contributed by atoms with Crippen molar-refractivity contribution in [2.45, 2.75) is 26.5 Å². The molecule has 0 radical (unpaired) electrons. The molecule has 39 heavy (non-hydrogen) atoms. The molecule has 0 atom stereocenters. The lowest BCUT2D eigenvalue weighted by molar-refractivity contribution is 0.0964. The van der Waals surface area contributed by atoms with E-state index < -0.39 is 28.9 Å². The van der Waals surface area contributed by atoms with Crippen molar-refractivity contribution in [2.75, 3.05) is 17.6 Å². The van der Waals surface area contributed by atoms with Crippen LogP contribution in [0.15, 0.2) is 65.1 Å². The summed E-state index contributed by atoms with van der Waals surface area (Å²) in [4.78, 5) is 13.0. The van der Waals surface area contributed by atoms with Gasteiger partial charge in [-0.2, -0.15) is 0 Å². The highest BCUT2D eigenvalue weighted by Gasteiger charge is 2.29. The number of hydrogen-bond acceptors (Lipinski definition) is 7. The topological polar surface area (TPSA) is 129 Å². The van der Waals surface area contributed by atoms with Crippen molar-refractivity contribution in [3.8, 4) is 17.1 Å². The number of furan rings is 1. The summed E-state index contributed by atoms with van der Waals surface area (Å²) in [7, 11) is -4.28. The van der Waals surface area contributed by atoms with Gasteiger partial charge in [0, 0.05) is 24.1 Å². The Morgan fingerprint density at radius 3 is 2.38 bits per heavy atom. The summed E-state index contributed by atoms with van der Waals surface area (Å²) in [6.45, 7) is 3.31. The molecule has 1 heterocycles. The van der Waals surface area contributed by atoms with Gasteiger partial charge in [0.05, 0.1) is 30.2 Å². The second-order valence-corrected chi connectivity index (χ2v) is 11.1. The molecule has 0 bridgehead atoms. The third-order valence-electron chi connectivity index (χ3n) is 6.01. The van der Waals surface area contributed by atoms with Gasteiger partial charge in [-0.05, 0) is 55.2 Å². The number of nitrogens with zero attached hydrogens (tertiary/aromatic N) is 1. The van der Waals surface area contributed by atoms with Crippen LogP contribution in [0.5, 0.6) is 5.75 Å². The van der Waals surface area contributed by atoms with Crippen LogP contribution in [0.25, 0.3) is 22.3 Å². The van der Waals surface area contributed by atoms with Crippen molar-refractivity contribution in [3.63, 3.8) is 0 Å². The van der Waals surface area contributed by atoms with Crippen molar-refractivity contribution >= 4 is 45.2 Å². The number of carbonyl (C=O) groups excluding carboxylic acids is 1. The largest absolute Gasteiger partial charge is 0.489 e. The average molecular weight is 554 g/mol. The second kappa shape index (κ2) is 11.1. The first-order chi connectivity index (χ1) is 18.4. The number of benzene rings is 3. The quantitative estimate of drug-likeness (QED) is 0.271. The van der Waals surface area contributed by atoms with Gasteiger partial charge in [-0.25, -0.2) is 12.8 Å². The van der Waals surface area contributed by atoms with Crippen LogP contribution in [0.4, 0.5) is 10.1 Å². The van der Waals surface area contributed by atoms with E-state index >= 15 is 0 Å². The molecule has 3 aromatic carbocycles. The highest BCUT2D eigenvalue weighted by Crippen LogP contribution is 2.41. The maximum Gasteiger partial charge on any atom is 0.488 e. The standard InChI is InChI=1S/C27H28BFN2O7S/c1-16(2)37-24-13-20-23(38-26(25(20)27(32)30-3)17-9-11-19(29)12-10-17)14-22(24)31(39(4,35)36)15-18-7-5-6-8-21(18)28(33)34/h5-14,16,33-34H,15H2,1-4H3,(H,30,32). The summed E-state index contributed by atoms with van der Waals surface area (Å²) in [5, 5.41) is 22.6. The molecule has 9 nitrogen and oxygen atoms in total. The van der Waals surface area contributed by atoms with Crippen LogP contribution in [-0.2, 0) is 16.6 Å². The van der Waals surface area contributed by atoms with Gasteiger partial charge < -0.3 is 24.5 Å². The number of amides is 1. The zero-order chi connectivity index (χ0) is 28.5. The Morgan fingerprint density at radius 1 is 1.13 bits per heavy atom. The van der Waals surface area contributed by atoms with E-state index in [1.165, 1.54) is 49.5 Å². The summed E-state index contributed by atoms with van der Waals surface area (Å²) in [6.07, 6.45) is 0.664. The Hall–Kier alpha value is -3.87. The van der Waals surface area contributed by atoms with E-state index in [0.717, 1.165) is 10.6 Å². The molecular weight excluding hydrogens is 526 g/mol. The number of halogens is 1. The molecule has 4 aromatic rings. The van der Waals surface area contributed by atoms with Crippen LogP contribution in [-0.4, -0.2) is 50.9 Å². The number of ether oxygens (including phenoxy) is 1. The first kappa shape index (κ1) is 28.2. The molecule has 0 spiro atoms. The molecule has 0 aliphatic rings. The van der Waals surface area contributed by atoms with Gasteiger partial charge in [0.15, 0.2) is 0 Å². The Balaban J connectivity index is 1.99. The lowest BCUT2D eigenvalue weighted by Crippen LogP contribution is -2.37. The highest BCUT2D eigenvalue weighted by atomic mass is 32.2. The molecule has 0 saturated heterocycles. The number of rotatable bonds is 9. The molecular formula is C27H28BFN2O7S. The Morgan fingerprint density at radius 2 is 1.79 bits per heavy atom. The molecule has 204 valence electrons. The Bertz CT molecular complexity index is 1620. The van der Waals surface area contributed by atoms with Crippen LogP contribution < -0.4 is 19.8 Å². The van der Waals surface area contributed by atoms with Gasteiger partial charge in [-0.1, -0.05) is 24.3 Å². The molecule has 0 fully saturated rings. The van der Waals surface area contributed by atoms with Crippen LogP contribution in [0, 0.1) is 5.82 Å². The van der Waals surface area contributed by atoms with E-state index in [2.05, 4.69) is 5.32 Å². The molecule has 0 unspecified atom stereocenters. The number of hydrogen-bond donors (Lipinski definition) is 3. The van der Waals surface area contributed by atoms with Crippen molar-refractivity contribution in [1.29, 1.82) is 0 Å². The molecule has 1 amide bonds. The van der Waals surface area contributed by atoms with Crippen molar-refractivity contribution in [2.24, 2.45) is 0 Å². The molecule has 12 heteroatoms. The number of anilines is 1. The van der Waals surface area contributed by atoms with Gasteiger partial charge in [-0.3, -0.25) is 9.10 Å². The normalized spacial score (nSPS) is 11.6. The maximum atomic E-state index is 13.6. The van der Waals surface area contributed by atoms with Crippen molar-refractivity contribution in [1.82, 2.24) is 5.32 Å². The maximum absolute atomic E-state index is 13.6. The smallest absolute Gasteiger partial charge is 0.488 e. The molecule has 1 aromatic heterocycles. The third-order valence-corrected chi connectivity index (χ3v) is 7.14.